The molecular weight excluding hydrogens is 425 g/mol. The molecule has 30 heavy (non-hydrogen) atoms. The van der Waals surface area contributed by atoms with Gasteiger partial charge in [0.15, 0.2) is 0 Å². The third-order valence-corrected chi connectivity index (χ3v) is 4.62. The molecule has 0 bridgehead atoms. The molecule has 1 aliphatic carbocycles. The van der Waals surface area contributed by atoms with Gasteiger partial charge in [0.05, 0.1) is 11.8 Å². The number of halogens is 4. The molecule has 0 atom stereocenters. The molecule has 7 nitrogen and oxygen atoms in total. The number of rotatable bonds is 7. The predicted octanol–water partition coefficient (Wildman–Crippen LogP) is 2.81. The molecule has 0 radical (unpaired) electrons. The van der Waals surface area contributed by atoms with E-state index in [0.717, 1.165) is 4.57 Å². The van der Waals surface area contributed by atoms with Gasteiger partial charge < -0.3 is 10.1 Å². The molecule has 0 unspecified atom stereocenters. The molecule has 1 N–H and O–H groups in total. The Morgan fingerprint density at radius 2 is 2.00 bits per heavy atom. The third kappa shape index (κ3) is 5.58. The maximum absolute atomic E-state index is 12.6. The van der Waals surface area contributed by atoms with Gasteiger partial charge in [-0.05, 0) is 25.0 Å². The number of hydrogen-bond acceptors (Lipinski definition) is 5. The third-order valence-electron chi connectivity index (χ3n) is 4.37. The molecule has 2 aromatic rings. The highest BCUT2D eigenvalue weighted by Gasteiger charge is 2.44. The molecule has 158 valence electrons. The van der Waals surface area contributed by atoms with Gasteiger partial charge in [-0.3, -0.25) is 14.2 Å². The lowest BCUT2D eigenvalue weighted by Gasteiger charge is -2.16. The van der Waals surface area contributed by atoms with E-state index in [9.17, 15) is 22.8 Å². The number of alkyl halides is 3. The Bertz CT molecular complexity index is 1040. The Balaban J connectivity index is 1.89. The molecule has 0 aliphatic heterocycles. The predicted molar refractivity (Wildman–Crippen MR) is 100 cm³/mol. The molecule has 1 fully saturated rings. The summed E-state index contributed by atoms with van der Waals surface area (Å²) in [6, 6.07) is 9.52. The van der Waals surface area contributed by atoms with Crippen LogP contribution in [-0.2, 0) is 22.7 Å². The summed E-state index contributed by atoms with van der Waals surface area (Å²) in [6.45, 7) is -2.66. The molecule has 0 spiro atoms. The van der Waals surface area contributed by atoms with Crippen molar-refractivity contribution < 1.29 is 22.7 Å². The second kappa shape index (κ2) is 8.45. The Labute approximate surface area is 174 Å². The second-order valence-electron chi connectivity index (χ2n) is 6.84. The summed E-state index contributed by atoms with van der Waals surface area (Å²) in [6.07, 6.45) is -3.56. The zero-order valence-corrected chi connectivity index (χ0v) is 16.3. The highest BCUT2D eigenvalue weighted by atomic mass is 35.5. The molecule has 1 aliphatic rings. The van der Waals surface area contributed by atoms with Gasteiger partial charge in [0.25, 0.3) is 5.56 Å². The van der Waals surface area contributed by atoms with Crippen molar-refractivity contribution in [1.82, 2.24) is 14.9 Å². The van der Waals surface area contributed by atoms with E-state index >= 15 is 0 Å². The normalized spacial score (nSPS) is 14.8. The largest absolute Gasteiger partial charge is 0.411 e. The number of amides is 1. The van der Waals surface area contributed by atoms with Gasteiger partial charge in [-0.1, -0.05) is 23.7 Å². The summed E-state index contributed by atoms with van der Waals surface area (Å²) in [5.41, 5.74) is -0.858. The molecule has 1 aromatic heterocycles. The number of ether oxygens (including phenoxy) is 1. The van der Waals surface area contributed by atoms with E-state index in [2.05, 4.69) is 15.0 Å². The van der Waals surface area contributed by atoms with Gasteiger partial charge in [-0.15, -0.1) is 0 Å². The quantitative estimate of drug-likeness (QED) is 0.714. The van der Waals surface area contributed by atoms with Crippen LogP contribution in [0.3, 0.4) is 0 Å². The fraction of sp³-hybridized carbons (Fsp3) is 0.368. The van der Waals surface area contributed by atoms with Gasteiger partial charge in [0.2, 0.25) is 5.91 Å². The maximum Gasteiger partial charge on any atom is 0.411 e. The van der Waals surface area contributed by atoms with E-state index in [1.807, 2.05) is 6.07 Å². The highest BCUT2D eigenvalue weighted by molar-refractivity contribution is 6.30. The van der Waals surface area contributed by atoms with Crippen molar-refractivity contribution in [2.24, 2.45) is 0 Å². The van der Waals surface area contributed by atoms with Crippen LogP contribution in [0.25, 0.3) is 11.3 Å². The van der Waals surface area contributed by atoms with Gasteiger partial charge in [-0.25, -0.2) is 4.98 Å². The van der Waals surface area contributed by atoms with Crippen LogP contribution in [0, 0.1) is 11.3 Å². The van der Waals surface area contributed by atoms with Crippen molar-refractivity contribution >= 4 is 17.5 Å². The van der Waals surface area contributed by atoms with E-state index in [-0.39, 0.29) is 11.5 Å². The van der Waals surface area contributed by atoms with Crippen LogP contribution < -0.4 is 10.9 Å². The van der Waals surface area contributed by atoms with Gasteiger partial charge >= 0.3 is 6.18 Å². The Hall–Kier alpha value is -2.90. The number of carbonyl (C=O) groups is 1. The summed E-state index contributed by atoms with van der Waals surface area (Å²) in [4.78, 5) is 29.1. The van der Waals surface area contributed by atoms with E-state index in [0.29, 0.717) is 23.4 Å². The van der Waals surface area contributed by atoms with Crippen LogP contribution in [0.15, 0.2) is 35.1 Å². The van der Waals surface area contributed by atoms with Gasteiger partial charge in [-0.2, -0.15) is 18.4 Å². The van der Waals surface area contributed by atoms with Crippen molar-refractivity contribution in [1.29, 1.82) is 5.26 Å². The average molecular weight is 441 g/mol. The Kier molecular flexibility index (Phi) is 6.14. The number of nitrogens with zero attached hydrogens (tertiary/aromatic N) is 3. The molecule has 1 amide bonds. The minimum Gasteiger partial charge on any atom is -0.364 e. The Morgan fingerprint density at radius 1 is 1.33 bits per heavy atom. The van der Waals surface area contributed by atoms with Crippen molar-refractivity contribution in [2.75, 3.05) is 6.61 Å². The fourth-order valence-corrected chi connectivity index (χ4v) is 2.83. The first-order valence-corrected chi connectivity index (χ1v) is 9.22. The monoisotopic (exact) mass is 440 g/mol. The lowest BCUT2D eigenvalue weighted by molar-refractivity contribution is -0.177. The van der Waals surface area contributed by atoms with E-state index < -0.39 is 42.9 Å². The number of carbonyl (C=O) groups excluding carboxylic acids is 1. The van der Waals surface area contributed by atoms with Crippen LogP contribution >= 0.6 is 11.6 Å². The molecule has 0 saturated heterocycles. The summed E-state index contributed by atoms with van der Waals surface area (Å²) >= 11 is 5.85. The van der Waals surface area contributed by atoms with Gasteiger partial charge in [0.1, 0.15) is 31.1 Å². The first-order chi connectivity index (χ1) is 14.1. The molecule has 1 saturated carbocycles. The smallest absolute Gasteiger partial charge is 0.364 e. The summed E-state index contributed by atoms with van der Waals surface area (Å²) < 4.78 is 42.9. The number of aromatic nitrogens is 2. The molecule has 1 heterocycles. The zero-order chi connectivity index (χ0) is 21.9. The van der Waals surface area contributed by atoms with E-state index in [1.54, 1.807) is 24.3 Å². The van der Waals surface area contributed by atoms with Crippen molar-refractivity contribution in [3.63, 3.8) is 0 Å². The van der Waals surface area contributed by atoms with Crippen molar-refractivity contribution in [2.45, 2.75) is 37.7 Å². The highest BCUT2D eigenvalue weighted by Crippen LogP contribution is 2.34. The SMILES string of the molecule is N#CC1(NC(=O)Cn2c(COCC(F)(F)F)nc(-c3ccc(Cl)cc3)cc2=O)CC1. The van der Waals surface area contributed by atoms with E-state index in [1.165, 1.54) is 6.07 Å². The minimum absolute atomic E-state index is 0.145. The van der Waals surface area contributed by atoms with E-state index in [4.69, 9.17) is 16.9 Å². The van der Waals surface area contributed by atoms with Crippen LogP contribution in [0.4, 0.5) is 13.2 Å². The Morgan fingerprint density at radius 3 is 2.57 bits per heavy atom. The first-order valence-electron chi connectivity index (χ1n) is 8.84. The van der Waals surface area contributed by atoms with Crippen LogP contribution in [-0.4, -0.2) is 33.8 Å². The first kappa shape index (κ1) is 21.8. The lowest BCUT2D eigenvalue weighted by atomic mass is 10.1. The van der Waals surface area contributed by atoms with Gasteiger partial charge in [0, 0.05) is 16.7 Å². The molecule has 3 rings (SSSR count). The summed E-state index contributed by atoms with van der Waals surface area (Å²) in [5, 5.41) is 12.1. The summed E-state index contributed by atoms with van der Waals surface area (Å²) in [7, 11) is 0. The minimum atomic E-state index is -4.55. The van der Waals surface area contributed by atoms with Crippen molar-refractivity contribution in [3.8, 4) is 17.3 Å². The topological polar surface area (TPSA) is 97.0 Å². The summed E-state index contributed by atoms with van der Waals surface area (Å²) in [5.74, 6) is -0.761. The maximum atomic E-state index is 12.6. The van der Waals surface area contributed by atoms with Crippen LogP contribution in [0.2, 0.25) is 5.02 Å². The number of nitriles is 1. The number of hydrogen-bond donors (Lipinski definition) is 1. The lowest BCUT2D eigenvalue weighted by Crippen LogP contribution is -2.40. The number of nitrogens with one attached hydrogen (secondary N) is 1. The molecule has 11 heteroatoms. The number of benzene rings is 1. The molecule has 1 aromatic carbocycles. The van der Waals surface area contributed by atoms with Crippen LogP contribution in [0.5, 0.6) is 0 Å². The standard InChI is InChI=1S/C19H16ClF3N4O3/c20-13-3-1-12(2-4-13)14-7-17(29)27(8-16(28)26-18(10-24)5-6-18)15(25-14)9-30-11-19(21,22)23/h1-4,7H,5-6,8-9,11H2,(H,26,28). The average Bonchev–Trinajstić information content (AvgIpc) is 3.43. The second-order valence-corrected chi connectivity index (χ2v) is 7.28. The van der Waals surface area contributed by atoms with Crippen molar-refractivity contribution in [3.05, 3.63) is 51.5 Å². The zero-order valence-electron chi connectivity index (χ0n) is 15.5. The molecular formula is C19H16ClF3N4O3. The van der Waals surface area contributed by atoms with Crippen LogP contribution in [0.1, 0.15) is 18.7 Å². The fourth-order valence-electron chi connectivity index (χ4n) is 2.70.